The number of amides is 2. The van der Waals surface area contributed by atoms with E-state index in [2.05, 4.69) is 5.16 Å². The Morgan fingerprint density at radius 3 is 2.79 bits per heavy atom. The molecule has 1 aromatic heterocycles. The molecule has 0 aromatic carbocycles. The van der Waals surface area contributed by atoms with E-state index in [-0.39, 0.29) is 36.6 Å². The van der Waals surface area contributed by atoms with E-state index in [1.165, 1.54) is 0 Å². The lowest BCUT2D eigenvalue weighted by molar-refractivity contribution is -0.159. The predicted octanol–water partition coefficient (Wildman–Crippen LogP) is 0.214. The van der Waals surface area contributed by atoms with Crippen LogP contribution in [0.25, 0.3) is 0 Å². The Hall–Kier alpha value is -1.93. The fourth-order valence-electron chi connectivity index (χ4n) is 3.86. The highest BCUT2D eigenvalue weighted by molar-refractivity contribution is 5.92. The lowest BCUT2D eigenvalue weighted by atomic mass is 10.0. The minimum atomic E-state index is -0.177. The van der Waals surface area contributed by atoms with E-state index >= 15 is 0 Å². The molecule has 0 N–H and O–H groups in total. The summed E-state index contributed by atoms with van der Waals surface area (Å²) in [7, 11) is 0. The average molecular weight is 335 g/mol. The highest BCUT2D eigenvalue weighted by Gasteiger charge is 2.47. The van der Waals surface area contributed by atoms with Gasteiger partial charge in [-0.2, -0.15) is 0 Å². The van der Waals surface area contributed by atoms with Crippen LogP contribution in [-0.2, 0) is 14.3 Å². The Morgan fingerprint density at radius 2 is 2.08 bits per heavy atom. The third kappa shape index (κ3) is 2.69. The molecule has 0 spiro atoms. The van der Waals surface area contributed by atoms with Crippen molar-refractivity contribution in [1.82, 2.24) is 15.0 Å². The Balaban J connectivity index is 1.51. The van der Waals surface area contributed by atoms with Gasteiger partial charge < -0.3 is 23.8 Å². The van der Waals surface area contributed by atoms with Crippen LogP contribution in [-0.4, -0.2) is 77.9 Å². The van der Waals surface area contributed by atoms with Crippen LogP contribution in [0.15, 0.2) is 10.6 Å². The van der Waals surface area contributed by atoms with Crippen LogP contribution in [0.4, 0.5) is 0 Å². The number of rotatable bonds is 2. The molecule has 0 radical (unpaired) electrons. The number of ether oxygens (including phenoxy) is 2. The van der Waals surface area contributed by atoms with Crippen LogP contribution in [0, 0.1) is 6.92 Å². The van der Waals surface area contributed by atoms with Gasteiger partial charge in [-0.3, -0.25) is 9.59 Å². The van der Waals surface area contributed by atoms with Crippen molar-refractivity contribution < 1.29 is 23.6 Å². The summed E-state index contributed by atoms with van der Waals surface area (Å²) in [5.74, 6) is 0.434. The maximum absolute atomic E-state index is 12.6. The summed E-state index contributed by atoms with van der Waals surface area (Å²) in [6.07, 6.45) is 1.54. The molecular weight excluding hydrogens is 314 g/mol. The van der Waals surface area contributed by atoms with Crippen molar-refractivity contribution in [2.45, 2.75) is 38.0 Å². The van der Waals surface area contributed by atoms with Gasteiger partial charge in [-0.15, -0.1) is 0 Å². The Kier molecular flexibility index (Phi) is 4.01. The quantitative estimate of drug-likeness (QED) is 0.768. The van der Waals surface area contributed by atoms with E-state index in [9.17, 15) is 9.59 Å². The summed E-state index contributed by atoms with van der Waals surface area (Å²) in [5, 5.41) is 3.80. The molecule has 0 aliphatic carbocycles. The van der Waals surface area contributed by atoms with Crippen molar-refractivity contribution in [2.24, 2.45) is 0 Å². The van der Waals surface area contributed by atoms with Gasteiger partial charge in [0.25, 0.3) is 5.91 Å². The Labute approximate surface area is 139 Å². The minimum absolute atomic E-state index is 0.00901. The van der Waals surface area contributed by atoms with E-state index in [1.807, 2.05) is 4.90 Å². The molecule has 3 aliphatic rings. The molecule has 0 unspecified atom stereocenters. The first-order valence-corrected chi connectivity index (χ1v) is 8.36. The third-order valence-corrected chi connectivity index (χ3v) is 5.02. The van der Waals surface area contributed by atoms with Gasteiger partial charge in [0.1, 0.15) is 12.4 Å². The molecule has 0 saturated carbocycles. The molecule has 3 aliphatic heterocycles. The molecule has 4 heterocycles. The second-order valence-corrected chi connectivity index (χ2v) is 6.59. The van der Waals surface area contributed by atoms with Gasteiger partial charge >= 0.3 is 0 Å². The molecular formula is C16H21N3O5. The van der Waals surface area contributed by atoms with Crippen LogP contribution in [0.1, 0.15) is 29.1 Å². The molecule has 3 saturated heterocycles. The molecule has 8 nitrogen and oxygen atoms in total. The first-order valence-electron chi connectivity index (χ1n) is 8.36. The SMILES string of the molecule is Cc1cc(C(=O)N2C[C@@H]3OCC(=O)N(C4CCOCC4)[C@H]3C2)no1. The molecule has 8 heteroatoms. The number of aromatic nitrogens is 1. The second kappa shape index (κ2) is 6.18. The van der Waals surface area contributed by atoms with Gasteiger partial charge in [0.15, 0.2) is 5.69 Å². The molecule has 2 atom stereocenters. The van der Waals surface area contributed by atoms with Crippen molar-refractivity contribution in [2.75, 3.05) is 32.9 Å². The van der Waals surface area contributed by atoms with E-state index in [0.717, 1.165) is 12.8 Å². The van der Waals surface area contributed by atoms with Gasteiger partial charge in [0, 0.05) is 38.4 Å². The normalized spacial score (nSPS) is 28.3. The van der Waals surface area contributed by atoms with Crippen molar-refractivity contribution in [3.63, 3.8) is 0 Å². The van der Waals surface area contributed by atoms with Crippen LogP contribution < -0.4 is 0 Å². The van der Waals surface area contributed by atoms with E-state index in [0.29, 0.717) is 37.8 Å². The zero-order valence-electron chi connectivity index (χ0n) is 13.6. The van der Waals surface area contributed by atoms with Gasteiger partial charge in [0.05, 0.1) is 12.1 Å². The molecule has 2 amide bonds. The number of morpholine rings is 1. The van der Waals surface area contributed by atoms with Crippen LogP contribution in [0.3, 0.4) is 0 Å². The first-order chi connectivity index (χ1) is 11.6. The maximum atomic E-state index is 12.6. The van der Waals surface area contributed by atoms with Crippen molar-refractivity contribution >= 4 is 11.8 Å². The minimum Gasteiger partial charge on any atom is -0.381 e. The zero-order valence-corrected chi connectivity index (χ0v) is 13.6. The average Bonchev–Trinajstić information content (AvgIpc) is 3.21. The summed E-state index contributed by atoms with van der Waals surface area (Å²) in [5.41, 5.74) is 0.301. The number of likely N-dealkylation sites (tertiary alicyclic amines) is 1. The second-order valence-electron chi connectivity index (χ2n) is 6.59. The summed E-state index contributed by atoms with van der Waals surface area (Å²) in [6, 6.07) is 1.71. The number of carbonyl (C=O) groups excluding carboxylic acids is 2. The predicted molar refractivity (Wildman–Crippen MR) is 81.4 cm³/mol. The largest absolute Gasteiger partial charge is 0.381 e. The van der Waals surface area contributed by atoms with Crippen LogP contribution >= 0.6 is 0 Å². The molecule has 3 fully saturated rings. The number of aryl methyl sites for hydroxylation is 1. The first kappa shape index (κ1) is 15.6. The van der Waals surface area contributed by atoms with Gasteiger partial charge in [-0.05, 0) is 19.8 Å². The van der Waals surface area contributed by atoms with Crippen LogP contribution in [0.2, 0.25) is 0 Å². The summed E-state index contributed by atoms with van der Waals surface area (Å²) < 4.78 is 16.1. The van der Waals surface area contributed by atoms with E-state index < -0.39 is 0 Å². The molecule has 0 bridgehead atoms. The van der Waals surface area contributed by atoms with Crippen molar-refractivity contribution in [3.8, 4) is 0 Å². The zero-order chi connectivity index (χ0) is 16.7. The summed E-state index contributed by atoms with van der Waals surface area (Å²) in [4.78, 5) is 28.7. The third-order valence-electron chi connectivity index (χ3n) is 5.02. The molecule has 130 valence electrons. The van der Waals surface area contributed by atoms with E-state index in [4.69, 9.17) is 14.0 Å². The van der Waals surface area contributed by atoms with E-state index in [1.54, 1.807) is 17.9 Å². The standard InChI is InChI=1S/C16H21N3O5/c1-10-6-12(17-24-10)16(21)18-7-13-14(8-18)23-9-15(20)19(13)11-2-4-22-5-3-11/h6,11,13-14H,2-5,7-9H2,1H3/t13-,14-/m0/s1. The maximum Gasteiger partial charge on any atom is 0.276 e. The van der Waals surface area contributed by atoms with Gasteiger partial charge in [-0.1, -0.05) is 5.16 Å². The van der Waals surface area contributed by atoms with Gasteiger partial charge in [0.2, 0.25) is 5.91 Å². The van der Waals surface area contributed by atoms with Crippen LogP contribution in [0.5, 0.6) is 0 Å². The molecule has 4 rings (SSSR count). The van der Waals surface area contributed by atoms with Gasteiger partial charge in [-0.25, -0.2) is 0 Å². The number of nitrogens with zero attached hydrogens (tertiary/aromatic N) is 3. The lowest BCUT2D eigenvalue weighted by Crippen LogP contribution is -2.58. The number of hydrogen-bond donors (Lipinski definition) is 0. The molecule has 1 aromatic rings. The summed E-state index contributed by atoms with van der Waals surface area (Å²) >= 11 is 0. The topological polar surface area (TPSA) is 85.1 Å². The van der Waals surface area contributed by atoms with Crippen molar-refractivity contribution in [3.05, 3.63) is 17.5 Å². The Bertz CT molecular complexity index is 639. The highest BCUT2D eigenvalue weighted by atomic mass is 16.5. The fourth-order valence-corrected chi connectivity index (χ4v) is 3.86. The highest BCUT2D eigenvalue weighted by Crippen LogP contribution is 2.29. The molecule has 24 heavy (non-hydrogen) atoms. The number of fused-ring (bicyclic) bond motifs is 1. The monoisotopic (exact) mass is 335 g/mol. The Morgan fingerprint density at radius 1 is 1.29 bits per heavy atom. The number of hydrogen-bond acceptors (Lipinski definition) is 6. The lowest BCUT2D eigenvalue weighted by Gasteiger charge is -2.43. The fraction of sp³-hybridized carbons (Fsp3) is 0.688. The van der Waals surface area contributed by atoms with Crippen molar-refractivity contribution in [1.29, 1.82) is 0 Å². The smallest absolute Gasteiger partial charge is 0.276 e. The number of carbonyl (C=O) groups is 2. The summed E-state index contributed by atoms with van der Waals surface area (Å²) in [6.45, 7) is 4.13.